The first-order chi connectivity index (χ1) is 7.72. The lowest BCUT2D eigenvalue weighted by atomic mass is 9.97. The van der Waals surface area contributed by atoms with E-state index in [0.29, 0.717) is 17.6 Å². The zero-order valence-corrected chi connectivity index (χ0v) is 11.6. The summed E-state index contributed by atoms with van der Waals surface area (Å²) in [5.41, 5.74) is 10.9. The molecule has 1 fully saturated rings. The summed E-state index contributed by atoms with van der Waals surface area (Å²) < 4.78 is 26.3. The zero-order chi connectivity index (χ0) is 12.8. The van der Waals surface area contributed by atoms with E-state index in [-0.39, 0.29) is 10.7 Å². The van der Waals surface area contributed by atoms with Gasteiger partial charge in [0, 0.05) is 29.3 Å². The van der Waals surface area contributed by atoms with Gasteiger partial charge in [0.05, 0.1) is 0 Å². The van der Waals surface area contributed by atoms with E-state index in [9.17, 15) is 8.42 Å². The molecule has 0 radical (unpaired) electrons. The molecule has 0 unspecified atom stereocenters. The molecule has 0 bridgehead atoms. The number of aromatic nitrogens is 1. The highest BCUT2D eigenvalue weighted by Gasteiger charge is 2.43. The normalized spacial score (nSPS) is 19.9. The minimum atomic E-state index is -3.59. The maximum Gasteiger partial charge on any atom is 0.246 e. The number of nitrogens with two attached hydrogens (primary N) is 2. The minimum Gasteiger partial charge on any atom is -0.383 e. The molecular weight excluding hydrogens is 308 g/mol. The third-order valence-electron chi connectivity index (χ3n) is 2.54. The van der Waals surface area contributed by atoms with Gasteiger partial charge in [-0.05, 0) is 28.9 Å². The Bertz CT molecular complexity index is 550. The van der Waals surface area contributed by atoms with Crippen LogP contribution in [-0.4, -0.2) is 36.3 Å². The van der Waals surface area contributed by atoms with E-state index < -0.39 is 15.6 Å². The van der Waals surface area contributed by atoms with Crippen molar-refractivity contribution in [3.63, 3.8) is 0 Å². The van der Waals surface area contributed by atoms with Crippen LogP contribution in [0.3, 0.4) is 0 Å². The molecule has 8 heteroatoms. The van der Waals surface area contributed by atoms with Gasteiger partial charge in [0.15, 0.2) is 0 Å². The lowest BCUT2D eigenvalue weighted by Gasteiger charge is -2.44. The van der Waals surface area contributed by atoms with E-state index in [1.165, 1.54) is 16.6 Å². The van der Waals surface area contributed by atoms with Gasteiger partial charge in [0.25, 0.3) is 0 Å². The van der Waals surface area contributed by atoms with E-state index in [4.69, 9.17) is 11.5 Å². The van der Waals surface area contributed by atoms with Crippen LogP contribution in [0.2, 0.25) is 0 Å². The number of rotatable bonds is 2. The molecule has 0 aromatic carbocycles. The largest absolute Gasteiger partial charge is 0.383 e. The first kappa shape index (κ1) is 12.7. The van der Waals surface area contributed by atoms with Gasteiger partial charge in [0.1, 0.15) is 10.7 Å². The van der Waals surface area contributed by atoms with E-state index in [1.54, 1.807) is 0 Å². The van der Waals surface area contributed by atoms with Crippen molar-refractivity contribution >= 4 is 31.8 Å². The molecule has 6 nitrogen and oxygen atoms in total. The van der Waals surface area contributed by atoms with Gasteiger partial charge in [-0.15, -0.1) is 0 Å². The number of anilines is 1. The summed E-state index contributed by atoms with van der Waals surface area (Å²) >= 11 is 3.17. The summed E-state index contributed by atoms with van der Waals surface area (Å²) in [5, 5.41) is 0. The number of hydrogen-bond acceptors (Lipinski definition) is 5. The van der Waals surface area contributed by atoms with Gasteiger partial charge in [-0.25, -0.2) is 13.4 Å². The van der Waals surface area contributed by atoms with Crippen LogP contribution in [0.15, 0.2) is 21.6 Å². The van der Waals surface area contributed by atoms with Crippen LogP contribution in [0.1, 0.15) is 6.92 Å². The summed E-state index contributed by atoms with van der Waals surface area (Å²) in [4.78, 5) is 3.83. The zero-order valence-electron chi connectivity index (χ0n) is 9.22. The van der Waals surface area contributed by atoms with Crippen LogP contribution in [0, 0.1) is 0 Å². The number of sulfonamides is 1. The molecule has 0 saturated carbocycles. The van der Waals surface area contributed by atoms with E-state index in [1.807, 2.05) is 6.92 Å². The van der Waals surface area contributed by atoms with Crippen LogP contribution in [0.25, 0.3) is 0 Å². The van der Waals surface area contributed by atoms with Gasteiger partial charge >= 0.3 is 0 Å². The third kappa shape index (κ3) is 2.30. The molecule has 0 spiro atoms. The quantitative estimate of drug-likeness (QED) is 0.807. The number of pyridine rings is 1. The topological polar surface area (TPSA) is 102 Å². The molecule has 2 rings (SSSR count). The van der Waals surface area contributed by atoms with Crippen LogP contribution < -0.4 is 11.5 Å². The number of hydrogen-bond donors (Lipinski definition) is 2. The molecule has 1 aliphatic heterocycles. The molecular formula is C9H13BrN4O2S. The highest BCUT2D eigenvalue weighted by atomic mass is 79.9. The average molecular weight is 321 g/mol. The Kier molecular flexibility index (Phi) is 2.93. The van der Waals surface area contributed by atoms with Crippen LogP contribution in [-0.2, 0) is 10.0 Å². The molecule has 0 atom stereocenters. The molecule has 94 valence electrons. The number of halogens is 1. The predicted molar refractivity (Wildman–Crippen MR) is 67.7 cm³/mol. The standard InChI is InChI=1S/C9H13BrN4O2S/c1-9(12)4-14(5-9)17(15,16)7-2-6(10)3-13-8(7)11/h2-3H,4-5,12H2,1H3,(H2,11,13). The molecule has 1 saturated heterocycles. The van der Waals surface area contributed by atoms with Crippen molar-refractivity contribution in [3.8, 4) is 0 Å². The van der Waals surface area contributed by atoms with Gasteiger partial charge in [-0.1, -0.05) is 0 Å². The second-order valence-corrected chi connectivity index (χ2v) is 7.29. The SMILES string of the molecule is CC1(N)CN(S(=O)(=O)c2cc(Br)cnc2N)C1. The Balaban J connectivity index is 2.36. The van der Waals surface area contributed by atoms with Crippen LogP contribution in [0.4, 0.5) is 5.82 Å². The fourth-order valence-electron chi connectivity index (χ4n) is 1.71. The predicted octanol–water partition coefficient (Wildman–Crippen LogP) is 0.148. The van der Waals surface area contributed by atoms with E-state index in [0.717, 1.165) is 0 Å². The van der Waals surface area contributed by atoms with Gasteiger partial charge < -0.3 is 11.5 Å². The summed E-state index contributed by atoms with van der Waals surface area (Å²) in [6.07, 6.45) is 1.46. The fourth-order valence-corrected chi connectivity index (χ4v) is 3.99. The average Bonchev–Trinajstić information content (AvgIpc) is 2.18. The first-order valence-electron chi connectivity index (χ1n) is 4.92. The monoisotopic (exact) mass is 320 g/mol. The Morgan fingerprint density at radius 2 is 2.12 bits per heavy atom. The van der Waals surface area contributed by atoms with Crippen molar-refractivity contribution in [2.24, 2.45) is 5.73 Å². The third-order valence-corrected chi connectivity index (χ3v) is 4.80. The highest BCUT2D eigenvalue weighted by molar-refractivity contribution is 9.10. The molecule has 4 N–H and O–H groups in total. The Morgan fingerprint density at radius 3 is 2.65 bits per heavy atom. The van der Waals surface area contributed by atoms with Crippen LogP contribution in [0.5, 0.6) is 0 Å². The van der Waals surface area contributed by atoms with Crippen molar-refractivity contribution < 1.29 is 8.42 Å². The summed E-state index contributed by atoms with van der Waals surface area (Å²) in [6.45, 7) is 2.39. The maximum atomic E-state index is 12.2. The molecule has 1 aromatic rings. The Labute approximate surface area is 108 Å². The summed E-state index contributed by atoms with van der Waals surface area (Å²) in [5.74, 6) is -0.00109. The van der Waals surface area contributed by atoms with Crippen molar-refractivity contribution in [3.05, 3.63) is 16.7 Å². The molecule has 0 aliphatic carbocycles. The smallest absolute Gasteiger partial charge is 0.246 e. The van der Waals surface area contributed by atoms with Crippen molar-refractivity contribution in [2.45, 2.75) is 17.4 Å². The molecule has 17 heavy (non-hydrogen) atoms. The molecule has 0 amide bonds. The van der Waals surface area contributed by atoms with Gasteiger partial charge in [-0.3, -0.25) is 0 Å². The summed E-state index contributed by atoms with van der Waals surface area (Å²) in [7, 11) is -3.59. The maximum absolute atomic E-state index is 12.2. The molecule has 1 aliphatic rings. The van der Waals surface area contributed by atoms with Gasteiger partial charge in [-0.2, -0.15) is 4.31 Å². The van der Waals surface area contributed by atoms with Crippen LogP contribution >= 0.6 is 15.9 Å². The van der Waals surface area contributed by atoms with E-state index >= 15 is 0 Å². The Hall–Kier alpha value is -0.700. The number of nitrogen functional groups attached to an aromatic ring is 1. The minimum absolute atomic E-state index is 0.00109. The van der Waals surface area contributed by atoms with Crippen molar-refractivity contribution in [1.82, 2.24) is 9.29 Å². The first-order valence-corrected chi connectivity index (χ1v) is 7.16. The summed E-state index contributed by atoms with van der Waals surface area (Å²) in [6, 6.07) is 1.45. The molecule has 1 aromatic heterocycles. The fraction of sp³-hybridized carbons (Fsp3) is 0.444. The lowest BCUT2D eigenvalue weighted by molar-refractivity contribution is 0.176. The van der Waals surface area contributed by atoms with Gasteiger partial charge in [0.2, 0.25) is 10.0 Å². The highest BCUT2D eigenvalue weighted by Crippen LogP contribution is 2.29. The Morgan fingerprint density at radius 1 is 1.53 bits per heavy atom. The second-order valence-electron chi connectivity index (χ2n) is 4.46. The van der Waals surface area contributed by atoms with Crippen molar-refractivity contribution in [1.29, 1.82) is 0 Å². The van der Waals surface area contributed by atoms with Crippen molar-refractivity contribution in [2.75, 3.05) is 18.8 Å². The van der Waals surface area contributed by atoms with E-state index in [2.05, 4.69) is 20.9 Å². The second kappa shape index (κ2) is 3.91. The lowest BCUT2D eigenvalue weighted by Crippen LogP contribution is -2.66. The molecule has 2 heterocycles. The number of nitrogens with zero attached hydrogens (tertiary/aromatic N) is 2.